The van der Waals surface area contributed by atoms with Gasteiger partial charge in [-0.25, -0.2) is 18.1 Å². The van der Waals surface area contributed by atoms with Crippen LogP contribution in [-0.2, 0) is 21.8 Å². The third kappa shape index (κ3) is 3.29. The molecule has 0 saturated carbocycles. The smallest absolute Gasteiger partial charge is 0.244 e. The quantitative estimate of drug-likeness (QED) is 0.863. The van der Waals surface area contributed by atoms with Crippen molar-refractivity contribution in [2.75, 3.05) is 19.8 Å². The number of nitrogens with zero attached hydrogens (tertiary/aromatic N) is 2. The van der Waals surface area contributed by atoms with Crippen LogP contribution in [0.2, 0.25) is 0 Å². The van der Waals surface area contributed by atoms with E-state index in [0.717, 1.165) is 5.69 Å². The van der Waals surface area contributed by atoms with Crippen molar-refractivity contribution in [2.24, 2.45) is 7.05 Å². The third-order valence-electron chi connectivity index (χ3n) is 4.61. The van der Waals surface area contributed by atoms with Crippen LogP contribution in [0.25, 0.3) is 0 Å². The van der Waals surface area contributed by atoms with Crippen LogP contribution in [-0.4, -0.2) is 43.8 Å². The Hall–Kier alpha value is -2.10. The van der Waals surface area contributed by atoms with E-state index in [0.29, 0.717) is 38.4 Å². The van der Waals surface area contributed by atoms with E-state index in [2.05, 4.69) is 9.71 Å². The predicted octanol–water partition coefficient (Wildman–Crippen LogP) is 1.39. The molecule has 1 aromatic carbocycles. The first-order chi connectivity index (χ1) is 12.5. The van der Waals surface area contributed by atoms with Crippen LogP contribution in [0.1, 0.15) is 24.6 Å². The summed E-state index contributed by atoms with van der Waals surface area (Å²) >= 11 is 0. The van der Waals surface area contributed by atoms with Crippen molar-refractivity contribution in [3.8, 4) is 11.5 Å². The number of imidazole rings is 1. The van der Waals surface area contributed by atoms with E-state index in [1.165, 1.54) is 6.07 Å². The van der Waals surface area contributed by atoms with Gasteiger partial charge in [0.2, 0.25) is 10.0 Å². The standard InChI is InChI=1S/C17H21N3O5S/c1-20-11-18-10-13(20)15-9-12(5-6-23-15)19-26(21,22)16-4-2-3-14-17(16)25-8-7-24-14/h2-4,10-12,15,19H,5-9H2,1H3/t12-,15-/m1/s1. The molecule has 0 radical (unpaired) electrons. The van der Waals surface area contributed by atoms with Crippen molar-refractivity contribution in [2.45, 2.75) is 29.9 Å². The summed E-state index contributed by atoms with van der Waals surface area (Å²) in [6.45, 7) is 1.23. The second kappa shape index (κ2) is 6.90. The summed E-state index contributed by atoms with van der Waals surface area (Å²) in [6.07, 6.45) is 4.43. The highest BCUT2D eigenvalue weighted by atomic mass is 32.2. The van der Waals surface area contributed by atoms with Crippen LogP contribution in [0, 0.1) is 0 Å². The molecule has 0 spiro atoms. The lowest BCUT2D eigenvalue weighted by Gasteiger charge is -2.30. The Morgan fingerprint density at radius 3 is 2.88 bits per heavy atom. The molecule has 0 aliphatic carbocycles. The van der Waals surface area contributed by atoms with Gasteiger partial charge in [0, 0.05) is 19.7 Å². The van der Waals surface area contributed by atoms with Crippen molar-refractivity contribution < 1.29 is 22.6 Å². The Labute approximate surface area is 152 Å². The number of benzene rings is 1. The Kier molecular flexibility index (Phi) is 4.60. The second-order valence-electron chi connectivity index (χ2n) is 6.41. The normalized spacial score (nSPS) is 23.0. The number of fused-ring (bicyclic) bond motifs is 1. The summed E-state index contributed by atoms with van der Waals surface area (Å²) in [5.41, 5.74) is 0.933. The molecule has 0 amide bonds. The van der Waals surface area contributed by atoms with Gasteiger partial charge in [-0.15, -0.1) is 0 Å². The number of para-hydroxylation sites is 1. The second-order valence-corrected chi connectivity index (χ2v) is 8.09. The molecule has 8 nitrogen and oxygen atoms in total. The SMILES string of the molecule is Cn1cncc1[C@H]1C[C@H](NS(=O)(=O)c2cccc3c2OCCO3)CCO1. The van der Waals surface area contributed by atoms with Crippen LogP contribution >= 0.6 is 0 Å². The molecule has 0 bridgehead atoms. The van der Waals surface area contributed by atoms with Gasteiger partial charge in [-0.3, -0.25) is 0 Å². The molecule has 3 heterocycles. The Morgan fingerprint density at radius 1 is 1.23 bits per heavy atom. The molecule has 4 rings (SSSR count). The van der Waals surface area contributed by atoms with Crippen molar-refractivity contribution in [3.05, 3.63) is 36.4 Å². The molecular weight excluding hydrogens is 358 g/mol. The van der Waals surface area contributed by atoms with Gasteiger partial charge in [-0.05, 0) is 25.0 Å². The van der Waals surface area contributed by atoms with Crippen molar-refractivity contribution >= 4 is 10.0 Å². The minimum Gasteiger partial charge on any atom is -0.486 e. The molecule has 1 saturated heterocycles. The molecule has 2 aliphatic heterocycles. The van der Waals surface area contributed by atoms with Crippen molar-refractivity contribution in [1.82, 2.24) is 14.3 Å². The maximum absolute atomic E-state index is 12.9. The average Bonchev–Trinajstić information content (AvgIpc) is 3.07. The highest BCUT2D eigenvalue weighted by Crippen LogP contribution is 2.37. The molecule has 9 heteroatoms. The zero-order valence-electron chi connectivity index (χ0n) is 14.4. The highest BCUT2D eigenvalue weighted by molar-refractivity contribution is 7.89. The largest absolute Gasteiger partial charge is 0.486 e. The Morgan fingerprint density at radius 2 is 2.08 bits per heavy atom. The van der Waals surface area contributed by atoms with Crippen molar-refractivity contribution in [1.29, 1.82) is 0 Å². The van der Waals surface area contributed by atoms with Gasteiger partial charge < -0.3 is 18.8 Å². The van der Waals surface area contributed by atoms with Crippen LogP contribution in [0.3, 0.4) is 0 Å². The number of ether oxygens (including phenoxy) is 3. The van der Waals surface area contributed by atoms with Gasteiger partial charge in [0.1, 0.15) is 24.2 Å². The minimum absolute atomic E-state index is 0.110. The maximum Gasteiger partial charge on any atom is 0.244 e. The first-order valence-corrected chi connectivity index (χ1v) is 10.0. The van der Waals surface area contributed by atoms with E-state index in [9.17, 15) is 8.42 Å². The van der Waals surface area contributed by atoms with Gasteiger partial charge in [-0.2, -0.15) is 0 Å². The summed E-state index contributed by atoms with van der Waals surface area (Å²) in [7, 11) is -1.84. The minimum atomic E-state index is -3.74. The lowest BCUT2D eigenvalue weighted by Crippen LogP contribution is -2.40. The molecule has 140 valence electrons. The third-order valence-corrected chi connectivity index (χ3v) is 6.15. The molecule has 0 unspecified atom stereocenters. The zero-order valence-corrected chi connectivity index (χ0v) is 15.2. The molecule has 1 N–H and O–H groups in total. The fourth-order valence-corrected chi connectivity index (χ4v) is 4.77. The summed E-state index contributed by atoms with van der Waals surface area (Å²) in [4.78, 5) is 4.22. The number of hydrogen-bond donors (Lipinski definition) is 1. The average molecular weight is 379 g/mol. The maximum atomic E-state index is 12.9. The topological polar surface area (TPSA) is 91.7 Å². The van der Waals surface area contributed by atoms with Crippen LogP contribution in [0.5, 0.6) is 11.5 Å². The number of aryl methyl sites for hydroxylation is 1. The monoisotopic (exact) mass is 379 g/mol. The van der Waals surface area contributed by atoms with E-state index < -0.39 is 10.0 Å². The summed E-state index contributed by atoms with van der Waals surface area (Å²) < 4.78 is 47.4. The molecule has 1 fully saturated rings. The fraction of sp³-hybridized carbons (Fsp3) is 0.471. The molecule has 2 aliphatic rings. The van der Waals surface area contributed by atoms with Crippen LogP contribution in [0.15, 0.2) is 35.6 Å². The lowest BCUT2D eigenvalue weighted by molar-refractivity contribution is -0.0000529. The summed E-state index contributed by atoms with van der Waals surface area (Å²) in [6, 6.07) is 4.67. The van der Waals surface area contributed by atoms with Crippen molar-refractivity contribution in [3.63, 3.8) is 0 Å². The van der Waals surface area contributed by atoms with Gasteiger partial charge in [0.15, 0.2) is 11.5 Å². The Balaban J connectivity index is 1.54. The van der Waals surface area contributed by atoms with Gasteiger partial charge in [-0.1, -0.05) is 6.07 Å². The number of rotatable bonds is 4. The fourth-order valence-electron chi connectivity index (χ4n) is 3.33. The van der Waals surface area contributed by atoms with E-state index >= 15 is 0 Å². The first-order valence-electron chi connectivity index (χ1n) is 8.53. The lowest BCUT2D eigenvalue weighted by atomic mass is 10.0. The number of nitrogens with one attached hydrogen (secondary N) is 1. The van der Waals surface area contributed by atoms with Crippen LogP contribution < -0.4 is 14.2 Å². The molecule has 2 atom stereocenters. The summed E-state index contributed by atoms with van der Waals surface area (Å²) in [5.74, 6) is 0.736. The Bertz CT molecular complexity index is 896. The van der Waals surface area contributed by atoms with Gasteiger partial charge >= 0.3 is 0 Å². The van der Waals surface area contributed by atoms with E-state index in [-0.39, 0.29) is 22.8 Å². The molecular formula is C17H21N3O5S. The zero-order chi connectivity index (χ0) is 18.1. The van der Waals surface area contributed by atoms with Crippen LogP contribution in [0.4, 0.5) is 0 Å². The number of aromatic nitrogens is 2. The predicted molar refractivity (Wildman–Crippen MR) is 92.7 cm³/mol. The first kappa shape index (κ1) is 17.3. The van der Waals surface area contributed by atoms with E-state index in [1.807, 2.05) is 11.6 Å². The highest BCUT2D eigenvalue weighted by Gasteiger charge is 2.31. The number of hydrogen-bond acceptors (Lipinski definition) is 6. The van der Waals surface area contributed by atoms with E-state index in [1.54, 1.807) is 24.7 Å². The number of sulfonamides is 1. The van der Waals surface area contributed by atoms with E-state index in [4.69, 9.17) is 14.2 Å². The van der Waals surface area contributed by atoms with Gasteiger partial charge in [0.25, 0.3) is 0 Å². The molecule has 2 aromatic rings. The molecule has 26 heavy (non-hydrogen) atoms. The molecule has 1 aromatic heterocycles. The van der Waals surface area contributed by atoms with Gasteiger partial charge in [0.05, 0.1) is 18.2 Å². The summed E-state index contributed by atoms with van der Waals surface area (Å²) in [5, 5.41) is 0.